The maximum absolute atomic E-state index is 12.1. The Labute approximate surface area is 160 Å². The lowest BCUT2D eigenvalue weighted by Crippen LogP contribution is -2.34. The Morgan fingerprint density at radius 3 is 2.58 bits per heavy atom. The summed E-state index contributed by atoms with van der Waals surface area (Å²) >= 11 is 5.96. The van der Waals surface area contributed by atoms with Gasteiger partial charge in [0.2, 0.25) is 11.8 Å². The van der Waals surface area contributed by atoms with Gasteiger partial charge in [-0.05, 0) is 55.2 Å². The molecule has 0 aliphatic heterocycles. The molecule has 0 aliphatic carbocycles. The van der Waals surface area contributed by atoms with E-state index in [-0.39, 0.29) is 18.2 Å². The highest BCUT2D eigenvalue weighted by Gasteiger charge is 2.15. The third kappa shape index (κ3) is 5.88. The summed E-state index contributed by atoms with van der Waals surface area (Å²) in [6.45, 7) is 6.39. The number of rotatable bonds is 7. The first-order valence-electron chi connectivity index (χ1n) is 8.73. The third-order valence-electron chi connectivity index (χ3n) is 4.22. The number of amides is 2. The number of hydrogen-bond donors (Lipinski definition) is 1. The number of nitrogens with zero attached hydrogens (tertiary/aromatic N) is 1. The van der Waals surface area contributed by atoms with Crippen molar-refractivity contribution < 1.29 is 9.59 Å². The van der Waals surface area contributed by atoms with Crippen LogP contribution in [0.3, 0.4) is 0 Å². The molecule has 0 aliphatic rings. The second-order valence-corrected chi connectivity index (χ2v) is 6.88. The zero-order valence-corrected chi connectivity index (χ0v) is 16.3. The largest absolute Gasteiger partial charge is 0.356 e. The molecule has 4 nitrogen and oxygen atoms in total. The fraction of sp³-hybridized carbons (Fsp3) is 0.333. The summed E-state index contributed by atoms with van der Waals surface area (Å²) in [6.07, 6.45) is 0.988. The maximum Gasteiger partial charge on any atom is 0.223 e. The van der Waals surface area contributed by atoms with E-state index in [1.807, 2.05) is 56.3 Å². The van der Waals surface area contributed by atoms with E-state index in [1.165, 1.54) is 6.92 Å². The van der Waals surface area contributed by atoms with E-state index in [4.69, 9.17) is 11.6 Å². The van der Waals surface area contributed by atoms with Gasteiger partial charge in [-0.1, -0.05) is 35.9 Å². The Balaban J connectivity index is 1.87. The van der Waals surface area contributed by atoms with Crippen LogP contribution in [-0.4, -0.2) is 24.9 Å². The molecule has 138 valence electrons. The predicted molar refractivity (Wildman–Crippen MR) is 107 cm³/mol. The molecule has 5 heteroatoms. The van der Waals surface area contributed by atoms with Gasteiger partial charge in [0.25, 0.3) is 0 Å². The first-order valence-corrected chi connectivity index (χ1v) is 9.11. The molecular formula is C21H25ClN2O2. The zero-order valence-electron chi connectivity index (χ0n) is 15.5. The molecule has 0 saturated heterocycles. The quantitative estimate of drug-likeness (QED) is 0.796. The van der Waals surface area contributed by atoms with Gasteiger partial charge in [-0.3, -0.25) is 9.59 Å². The first-order chi connectivity index (χ1) is 12.4. The van der Waals surface area contributed by atoms with E-state index in [0.717, 1.165) is 28.8 Å². The van der Waals surface area contributed by atoms with Crippen LogP contribution < -0.4 is 10.2 Å². The third-order valence-corrected chi connectivity index (χ3v) is 4.46. The summed E-state index contributed by atoms with van der Waals surface area (Å²) in [5.74, 6) is -0.131. The number of nitrogens with one attached hydrogen (secondary N) is 1. The number of anilines is 1. The van der Waals surface area contributed by atoms with Crippen molar-refractivity contribution in [2.75, 3.05) is 18.0 Å². The van der Waals surface area contributed by atoms with Crippen molar-refractivity contribution in [1.82, 2.24) is 5.32 Å². The highest BCUT2D eigenvalue weighted by Crippen LogP contribution is 2.22. The van der Waals surface area contributed by atoms with E-state index >= 15 is 0 Å². The van der Waals surface area contributed by atoms with E-state index in [1.54, 1.807) is 4.90 Å². The molecule has 0 bridgehead atoms. The lowest BCUT2D eigenvalue weighted by Gasteiger charge is -2.23. The first kappa shape index (κ1) is 20.0. The average Bonchev–Trinajstić information content (AvgIpc) is 2.58. The monoisotopic (exact) mass is 372 g/mol. The van der Waals surface area contributed by atoms with Crippen LogP contribution in [0.2, 0.25) is 5.02 Å². The molecule has 2 amide bonds. The fourth-order valence-electron chi connectivity index (χ4n) is 2.80. The van der Waals surface area contributed by atoms with E-state index < -0.39 is 0 Å². The van der Waals surface area contributed by atoms with Gasteiger partial charge in [-0.15, -0.1) is 0 Å². The fourth-order valence-corrected chi connectivity index (χ4v) is 3.01. The minimum atomic E-state index is -0.0661. The molecule has 0 spiro atoms. The average molecular weight is 373 g/mol. The van der Waals surface area contributed by atoms with Crippen molar-refractivity contribution in [3.05, 3.63) is 64.2 Å². The Kier molecular flexibility index (Phi) is 7.22. The van der Waals surface area contributed by atoms with Crippen molar-refractivity contribution in [2.45, 2.75) is 33.6 Å². The van der Waals surface area contributed by atoms with Crippen molar-refractivity contribution in [3.63, 3.8) is 0 Å². The van der Waals surface area contributed by atoms with Gasteiger partial charge in [0, 0.05) is 37.1 Å². The molecule has 2 rings (SSSR count). The molecule has 0 fully saturated rings. The summed E-state index contributed by atoms with van der Waals surface area (Å²) in [4.78, 5) is 25.8. The molecule has 0 heterocycles. The molecule has 0 atom stereocenters. The molecule has 0 saturated carbocycles. The Morgan fingerprint density at radius 2 is 1.88 bits per heavy atom. The summed E-state index contributed by atoms with van der Waals surface area (Å²) in [6, 6.07) is 13.6. The molecule has 1 N–H and O–H groups in total. The van der Waals surface area contributed by atoms with Gasteiger partial charge in [0.1, 0.15) is 0 Å². The Hall–Kier alpha value is -2.33. The van der Waals surface area contributed by atoms with Crippen LogP contribution in [-0.2, 0) is 16.0 Å². The van der Waals surface area contributed by atoms with Gasteiger partial charge in [0.15, 0.2) is 0 Å². The standard InChI is InChI=1S/C21H25ClN2O2/c1-15-7-8-16(2)20(13-15)24(17(3)25)12-10-21(26)23-11-9-18-5-4-6-19(22)14-18/h4-8,13-14H,9-12H2,1-3H3,(H,23,26). The minimum absolute atomic E-state index is 0.0644. The lowest BCUT2D eigenvalue weighted by molar-refractivity contribution is -0.121. The molecule has 0 unspecified atom stereocenters. The summed E-state index contributed by atoms with van der Waals surface area (Å²) in [5.41, 5.74) is 4.05. The van der Waals surface area contributed by atoms with Crippen LogP contribution in [0.25, 0.3) is 0 Å². The second-order valence-electron chi connectivity index (χ2n) is 6.44. The number of halogens is 1. The summed E-state index contributed by atoms with van der Waals surface area (Å²) in [7, 11) is 0. The predicted octanol–water partition coefficient (Wildman–Crippen LogP) is 4.06. The highest BCUT2D eigenvalue weighted by molar-refractivity contribution is 6.30. The Bertz CT molecular complexity index is 789. The van der Waals surface area contributed by atoms with Crippen LogP contribution in [0, 0.1) is 13.8 Å². The number of hydrogen-bond acceptors (Lipinski definition) is 2. The van der Waals surface area contributed by atoms with Crippen molar-refractivity contribution in [3.8, 4) is 0 Å². The zero-order chi connectivity index (χ0) is 19.1. The summed E-state index contributed by atoms with van der Waals surface area (Å²) < 4.78 is 0. The minimum Gasteiger partial charge on any atom is -0.356 e. The van der Waals surface area contributed by atoms with Gasteiger partial charge in [-0.25, -0.2) is 0 Å². The lowest BCUT2D eigenvalue weighted by atomic mass is 10.1. The smallest absolute Gasteiger partial charge is 0.223 e. The molecular weight excluding hydrogens is 348 g/mol. The number of benzene rings is 2. The SMILES string of the molecule is CC(=O)N(CCC(=O)NCCc1cccc(Cl)c1)c1cc(C)ccc1C. The molecule has 0 aromatic heterocycles. The van der Waals surface area contributed by atoms with Crippen LogP contribution in [0.5, 0.6) is 0 Å². The van der Waals surface area contributed by atoms with E-state index in [2.05, 4.69) is 5.32 Å². The molecule has 2 aromatic carbocycles. The second kappa shape index (κ2) is 9.39. The molecule has 2 aromatic rings. The number of carbonyl (C=O) groups is 2. The van der Waals surface area contributed by atoms with Crippen LogP contribution in [0.15, 0.2) is 42.5 Å². The van der Waals surface area contributed by atoms with E-state index in [0.29, 0.717) is 18.1 Å². The molecule has 26 heavy (non-hydrogen) atoms. The maximum atomic E-state index is 12.1. The summed E-state index contributed by atoms with van der Waals surface area (Å²) in [5, 5.41) is 3.60. The number of carbonyl (C=O) groups excluding carboxylic acids is 2. The van der Waals surface area contributed by atoms with E-state index in [9.17, 15) is 9.59 Å². The topological polar surface area (TPSA) is 49.4 Å². The van der Waals surface area contributed by atoms with Crippen molar-refractivity contribution in [1.29, 1.82) is 0 Å². The van der Waals surface area contributed by atoms with Crippen LogP contribution in [0.1, 0.15) is 30.0 Å². The van der Waals surface area contributed by atoms with Gasteiger partial charge in [0.05, 0.1) is 0 Å². The van der Waals surface area contributed by atoms with Crippen molar-refractivity contribution >= 4 is 29.1 Å². The van der Waals surface area contributed by atoms with Gasteiger partial charge < -0.3 is 10.2 Å². The number of aryl methyl sites for hydroxylation is 2. The van der Waals surface area contributed by atoms with Gasteiger partial charge in [-0.2, -0.15) is 0 Å². The van der Waals surface area contributed by atoms with Crippen LogP contribution >= 0.6 is 11.6 Å². The van der Waals surface area contributed by atoms with Crippen LogP contribution in [0.4, 0.5) is 5.69 Å². The Morgan fingerprint density at radius 1 is 1.12 bits per heavy atom. The molecule has 0 radical (unpaired) electrons. The van der Waals surface area contributed by atoms with Crippen molar-refractivity contribution in [2.24, 2.45) is 0 Å². The highest BCUT2D eigenvalue weighted by atomic mass is 35.5. The van der Waals surface area contributed by atoms with Gasteiger partial charge >= 0.3 is 0 Å². The normalized spacial score (nSPS) is 10.5.